The maximum atomic E-state index is 13.2. The average Bonchev–Trinajstić information content (AvgIpc) is 3.55. The highest BCUT2D eigenvalue weighted by atomic mass is 32.1. The number of ether oxygens (including phenoxy) is 2. The summed E-state index contributed by atoms with van der Waals surface area (Å²) in [6.45, 7) is 3.62. The highest BCUT2D eigenvalue weighted by Crippen LogP contribution is 2.33. The van der Waals surface area contributed by atoms with Crippen LogP contribution in [0.1, 0.15) is 17.5 Å². The molecule has 2 aromatic carbocycles. The van der Waals surface area contributed by atoms with Gasteiger partial charge in [-0.25, -0.2) is 9.97 Å². The molecule has 2 aromatic heterocycles. The lowest BCUT2D eigenvalue weighted by Crippen LogP contribution is -2.30. The van der Waals surface area contributed by atoms with E-state index in [2.05, 4.69) is 18.0 Å². The SMILES string of the molecule is Cc1ccc2nc(N(CCCn3ccnc3)C(=O)C=Cc3ccc4c(c3)OCO4)sc2c1. The number of carbonyl (C=O) groups is 1. The van der Waals surface area contributed by atoms with Gasteiger partial charge < -0.3 is 14.0 Å². The molecular formula is C24H22N4O3S. The van der Waals surface area contributed by atoms with E-state index in [9.17, 15) is 4.79 Å². The van der Waals surface area contributed by atoms with Gasteiger partial charge in [0.05, 0.1) is 16.5 Å². The van der Waals surface area contributed by atoms with Crippen LogP contribution in [0, 0.1) is 6.92 Å². The Balaban J connectivity index is 1.37. The molecule has 0 saturated carbocycles. The average molecular weight is 447 g/mol. The number of rotatable bonds is 7. The van der Waals surface area contributed by atoms with Gasteiger partial charge in [-0.1, -0.05) is 23.5 Å². The molecule has 3 heterocycles. The predicted molar refractivity (Wildman–Crippen MR) is 125 cm³/mol. The summed E-state index contributed by atoms with van der Waals surface area (Å²) in [6.07, 6.45) is 9.64. The maximum Gasteiger partial charge on any atom is 0.252 e. The van der Waals surface area contributed by atoms with E-state index in [1.807, 2.05) is 41.1 Å². The van der Waals surface area contributed by atoms with Crippen molar-refractivity contribution in [2.75, 3.05) is 18.2 Å². The van der Waals surface area contributed by atoms with Crippen LogP contribution in [0.5, 0.6) is 11.5 Å². The predicted octanol–water partition coefficient (Wildman–Crippen LogP) is 4.67. The summed E-state index contributed by atoms with van der Waals surface area (Å²) in [5, 5.41) is 0.705. The van der Waals surface area contributed by atoms with Crippen LogP contribution in [0.15, 0.2) is 61.2 Å². The van der Waals surface area contributed by atoms with Crippen molar-refractivity contribution >= 4 is 38.7 Å². The van der Waals surface area contributed by atoms with Crippen LogP contribution in [0.4, 0.5) is 5.13 Å². The van der Waals surface area contributed by atoms with Crippen LogP contribution in [-0.2, 0) is 11.3 Å². The zero-order valence-electron chi connectivity index (χ0n) is 17.6. The number of aromatic nitrogens is 3. The van der Waals surface area contributed by atoms with Crippen LogP contribution >= 0.6 is 11.3 Å². The molecule has 0 N–H and O–H groups in total. The quantitative estimate of drug-likeness (QED) is 0.386. The highest BCUT2D eigenvalue weighted by molar-refractivity contribution is 7.22. The first kappa shape index (κ1) is 20.3. The van der Waals surface area contributed by atoms with Crippen LogP contribution in [0.2, 0.25) is 0 Å². The molecule has 0 spiro atoms. The van der Waals surface area contributed by atoms with Crippen molar-refractivity contribution in [3.63, 3.8) is 0 Å². The van der Waals surface area contributed by atoms with E-state index in [0.29, 0.717) is 17.4 Å². The topological polar surface area (TPSA) is 69.5 Å². The second-order valence-corrected chi connectivity index (χ2v) is 8.57. The van der Waals surface area contributed by atoms with Crippen molar-refractivity contribution in [1.29, 1.82) is 0 Å². The molecule has 1 aliphatic rings. The molecule has 0 unspecified atom stereocenters. The molecule has 7 nitrogen and oxygen atoms in total. The smallest absolute Gasteiger partial charge is 0.252 e. The Morgan fingerprint density at radius 1 is 1.22 bits per heavy atom. The first-order valence-corrected chi connectivity index (χ1v) is 11.2. The van der Waals surface area contributed by atoms with Gasteiger partial charge in [-0.05, 0) is 54.8 Å². The van der Waals surface area contributed by atoms with Crippen LogP contribution < -0.4 is 14.4 Å². The Morgan fingerprint density at radius 3 is 3.00 bits per heavy atom. The van der Waals surface area contributed by atoms with Gasteiger partial charge in [0, 0.05) is 31.6 Å². The number of amides is 1. The third kappa shape index (κ3) is 4.36. The summed E-state index contributed by atoms with van der Waals surface area (Å²) in [5.41, 5.74) is 2.96. The number of carbonyl (C=O) groups excluding carboxylic acids is 1. The number of nitrogens with zero attached hydrogens (tertiary/aromatic N) is 4. The fraction of sp³-hybridized carbons (Fsp3) is 0.208. The van der Waals surface area contributed by atoms with Gasteiger partial charge in [0.2, 0.25) is 6.79 Å². The van der Waals surface area contributed by atoms with E-state index in [4.69, 9.17) is 14.5 Å². The zero-order chi connectivity index (χ0) is 21.9. The second kappa shape index (κ2) is 8.84. The Bertz CT molecular complexity index is 1280. The number of aryl methyl sites for hydroxylation is 2. The van der Waals surface area contributed by atoms with E-state index < -0.39 is 0 Å². The van der Waals surface area contributed by atoms with Crippen molar-refractivity contribution in [3.05, 3.63) is 72.3 Å². The van der Waals surface area contributed by atoms with E-state index in [0.717, 1.165) is 34.5 Å². The van der Waals surface area contributed by atoms with E-state index in [-0.39, 0.29) is 12.7 Å². The minimum absolute atomic E-state index is 0.107. The molecule has 0 atom stereocenters. The van der Waals surface area contributed by atoms with Crippen molar-refractivity contribution in [2.45, 2.75) is 19.9 Å². The van der Waals surface area contributed by atoms with Crippen LogP contribution in [-0.4, -0.2) is 33.8 Å². The number of imidazole rings is 1. The minimum Gasteiger partial charge on any atom is -0.454 e. The van der Waals surface area contributed by atoms with Gasteiger partial charge in [0.25, 0.3) is 5.91 Å². The lowest BCUT2D eigenvalue weighted by molar-refractivity contribution is -0.114. The van der Waals surface area contributed by atoms with Gasteiger partial charge in [-0.3, -0.25) is 9.69 Å². The maximum absolute atomic E-state index is 13.2. The molecule has 0 fully saturated rings. The molecule has 0 saturated heterocycles. The van der Waals surface area contributed by atoms with Gasteiger partial charge in [-0.2, -0.15) is 0 Å². The summed E-state index contributed by atoms with van der Waals surface area (Å²) in [4.78, 5) is 23.8. The second-order valence-electron chi connectivity index (χ2n) is 7.56. The first-order chi connectivity index (χ1) is 15.7. The summed E-state index contributed by atoms with van der Waals surface area (Å²) in [7, 11) is 0. The van der Waals surface area contributed by atoms with Crippen LogP contribution in [0.25, 0.3) is 16.3 Å². The van der Waals surface area contributed by atoms with E-state index >= 15 is 0 Å². The van der Waals surface area contributed by atoms with Gasteiger partial charge in [-0.15, -0.1) is 0 Å². The minimum atomic E-state index is -0.107. The molecule has 8 heteroatoms. The fourth-order valence-electron chi connectivity index (χ4n) is 3.54. The van der Waals surface area contributed by atoms with E-state index in [1.165, 1.54) is 16.9 Å². The monoisotopic (exact) mass is 446 g/mol. The molecule has 0 aliphatic carbocycles. The standard InChI is InChI=1S/C24H22N4O3S/c1-17-3-6-19-22(13-17)32-24(26-19)28(11-2-10-27-12-9-25-15-27)23(29)8-5-18-4-7-20-21(14-18)31-16-30-20/h3-9,12-15H,2,10-11,16H2,1H3. The Kier molecular flexibility index (Phi) is 5.60. The molecule has 32 heavy (non-hydrogen) atoms. The number of hydrogen-bond donors (Lipinski definition) is 0. The normalized spacial score (nSPS) is 12.7. The lowest BCUT2D eigenvalue weighted by atomic mass is 10.2. The van der Waals surface area contributed by atoms with Gasteiger partial charge in [0.15, 0.2) is 16.6 Å². The molecule has 4 aromatic rings. The number of fused-ring (bicyclic) bond motifs is 2. The zero-order valence-corrected chi connectivity index (χ0v) is 18.4. The molecule has 0 radical (unpaired) electrons. The van der Waals surface area contributed by atoms with Crippen molar-refractivity contribution < 1.29 is 14.3 Å². The lowest BCUT2D eigenvalue weighted by Gasteiger charge is -2.18. The number of anilines is 1. The molecule has 1 aliphatic heterocycles. The molecule has 162 valence electrons. The van der Waals surface area contributed by atoms with Gasteiger partial charge >= 0.3 is 0 Å². The number of benzene rings is 2. The summed E-state index contributed by atoms with van der Waals surface area (Å²) >= 11 is 1.54. The molecule has 1 amide bonds. The molecule has 5 rings (SSSR count). The fourth-order valence-corrected chi connectivity index (χ4v) is 4.64. The van der Waals surface area contributed by atoms with Crippen molar-refractivity contribution in [2.24, 2.45) is 0 Å². The largest absolute Gasteiger partial charge is 0.454 e. The third-order valence-corrected chi connectivity index (χ3v) is 6.24. The molecule has 0 bridgehead atoms. The van der Waals surface area contributed by atoms with E-state index in [1.54, 1.807) is 29.6 Å². The summed E-state index contributed by atoms with van der Waals surface area (Å²) in [6, 6.07) is 11.8. The van der Waals surface area contributed by atoms with Crippen molar-refractivity contribution in [1.82, 2.24) is 14.5 Å². The van der Waals surface area contributed by atoms with Crippen LogP contribution in [0.3, 0.4) is 0 Å². The third-order valence-electron chi connectivity index (χ3n) is 5.20. The summed E-state index contributed by atoms with van der Waals surface area (Å²) in [5.74, 6) is 1.31. The Labute approximate surface area is 189 Å². The number of thiazole rings is 1. The van der Waals surface area contributed by atoms with Gasteiger partial charge in [0.1, 0.15) is 0 Å². The van der Waals surface area contributed by atoms with Crippen molar-refractivity contribution in [3.8, 4) is 11.5 Å². The highest BCUT2D eigenvalue weighted by Gasteiger charge is 2.18. The Morgan fingerprint density at radius 2 is 2.12 bits per heavy atom. The number of hydrogen-bond acceptors (Lipinski definition) is 6. The first-order valence-electron chi connectivity index (χ1n) is 10.4. The molecular weight excluding hydrogens is 424 g/mol. The summed E-state index contributed by atoms with van der Waals surface area (Å²) < 4.78 is 13.9. The Hall–Kier alpha value is -3.65.